The summed E-state index contributed by atoms with van der Waals surface area (Å²) >= 11 is 6.45. The third kappa shape index (κ3) is 4.80. The zero-order valence-corrected chi connectivity index (χ0v) is 19.3. The second kappa shape index (κ2) is 9.14. The lowest BCUT2D eigenvalue weighted by Gasteiger charge is -2.16. The molecule has 2 atom stereocenters. The van der Waals surface area contributed by atoms with Crippen LogP contribution in [0.15, 0.2) is 53.5 Å². The number of H-pyrrole nitrogens is 1. The van der Waals surface area contributed by atoms with Gasteiger partial charge < -0.3 is 10.3 Å². The topological polar surface area (TPSA) is 70.7 Å². The van der Waals surface area contributed by atoms with E-state index in [1.807, 2.05) is 6.07 Å². The predicted octanol–water partition coefficient (Wildman–Crippen LogP) is 6.11. The molecule has 8 heteroatoms. The normalized spacial score (nSPS) is 17.9. The van der Waals surface area contributed by atoms with Crippen LogP contribution in [0.4, 0.5) is 14.5 Å². The molecule has 2 heterocycles. The summed E-state index contributed by atoms with van der Waals surface area (Å²) < 4.78 is 27.0. The molecule has 1 fully saturated rings. The van der Waals surface area contributed by atoms with E-state index in [9.17, 15) is 13.6 Å². The minimum absolute atomic E-state index is 0.261. The second-order valence-corrected chi connectivity index (χ2v) is 9.42. The van der Waals surface area contributed by atoms with Crippen LogP contribution >= 0.6 is 11.6 Å². The molecule has 0 bridgehead atoms. The largest absolute Gasteiger partial charge is 0.381 e. The highest BCUT2D eigenvalue weighted by Gasteiger charge is 2.22. The lowest BCUT2D eigenvalue weighted by molar-refractivity contribution is 0.584. The van der Waals surface area contributed by atoms with Gasteiger partial charge in [-0.2, -0.15) is 0 Å². The predicted molar refractivity (Wildman–Crippen MR) is 130 cm³/mol. The number of hydrogen-bond acceptors (Lipinski definition) is 4. The Balaban J connectivity index is 1.40. The van der Waals surface area contributed by atoms with Gasteiger partial charge in [0.05, 0.1) is 27.3 Å². The summed E-state index contributed by atoms with van der Waals surface area (Å²) in [6, 6.07) is 10.6. The van der Waals surface area contributed by atoms with E-state index in [0.29, 0.717) is 51.4 Å². The fourth-order valence-corrected chi connectivity index (χ4v) is 4.77. The summed E-state index contributed by atoms with van der Waals surface area (Å²) in [6.45, 7) is 2.24. The molecule has 2 N–H and O–H groups in total. The van der Waals surface area contributed by atoms with Gasteiger partial charge in [-0.3, -0.25) is 9.78 Å². The zero-order valence-electron chi connectivity index (χ0n) is 18.5. The molecule has 5 nitrogen and oxygen atoms in total. The van der Waals surface area contributed by atoms with E-state index in [-0.39, 0.29) is 5.56 Å². The number of nitrogens with one attached hydrogen (secondary N) is 2. The average Bonchev–Trinajstić information content (AvgIpc) is 3.19. The number of pyridine rings is 1. The van der Waals surface area contributed by atoms with Gasteiger partial charge in [-0.1, -0.05) is 24.6 Å². The Morgan fingerprint density at radius 2 is 1.91 bits per heavy atom. The molecule has 0 spiro atoms. The summed E-state index contributed by atoms with van der Waals surface area (Å²) in [6.07, 6.45) is 5.33. The average molecular weight is 481 g/mol. The molecule has 2 aromatic heterocycles. The van der Waals surface area contributed by atoms with E-state index in [1.165, 1.54) is 18.6 Å². The molecule has 5 rings (SSSR count). The number of rotatable bonds is 5. The van der Waals surface area contributed by atoms with E-state index in [0.717, 1.165) is 30.2 Å². The first-order valence-electron chi connectivity index (χ1n) is 11.2. The van der Waals surface area contributed by atoms with Gasteiger partial charge in [0.2, 0.25) is 0 Å². The number of fused-ring (bicyclic) bond motifs is 1. The van der Waals surface area contributed by atoms with Crippen LogP contribution < -0.4 is 10.9 Å². The Hall–Kier alpha value is -3.32. The summed E-state index contributed by atoms with van der Waals surface area (Å²) in [5, 5.41) is 4.43. The van der Waals surface area contributed by atoms with Crippen LogP contribution in [0.2, 0.25) is 5.02 Å². The van der Waals surface area contributed by atoms with Gasteiger partial charge in [-0.15, -0.1) is 0 Å². The molecular weight excluding hydrogens is 458 g/mol. The highest BCUT2D eigenvalue weighted by atomic mass is 35.5. The Morgan fingerprint density at radius 3 is 2.59 bits per heavy atom. The fourth-order valence-electron chi connectivity index (χ4n) is 4.56. The first kappa shape index (κ1) is 22.5. The van der Waals surface area contributed by atoms with Crippen molar-refractivity contribution >= 4 is 28.2 Å². The minimum atomic E-state index is -0.657. The first-order valence-corrected chi connectivity index (χ1v) is 11.6. The molecule has 174 valence electrons. The van der Waals surface area contributed by atoms with E-state index >= 15 is 0 Å². The van der Waals surface area contributed by atoms with E-state index < -0.39 is 11.6 Å². The van der Waals surface area contributed by atoms with Crippen LogP contribution in [0, 0.1) is 17.6 Å². The quantitative estimate of drug-likeness (QED) is 0.361. The lowest BCUT2D eigenvalue weighted by Crippen LogP contribution is -2.17. The maximum absolute atomic E-state index is 13.5. The molecule has 0 amide bonds. The molecule has 0 saturated heterocycles. The molecule has 1 aliphatic carbocycles. The van der Waals surface area contributed by atoms with Gasteiger partial charge in [0.25, 0.3) is 5.56 Å². The number of benzene rings is 2. The highest BCUT2D eigenvalue weighted by Crippen LogP contribution is 2.32. The fraction of sp³-hybridized carbons (Fsp3) is 0.269. The molecule has 2 aromatic carbocycles. The summed E-state index contributed by atoms with van der Waals surface area (Å²) in [5.74, 6) is -0.138. The maximum Gasteiger partial charge on any atom is 0.258 e. The van der Waals surface area contributed by atoms with Crippen molar-refractivity contribution < 1.29 is 8.78 Å². The van der Waals surface area contributed by atoms with Gasteiger partial charge in [0.15, 0.2) is 0 Å². The standard InChI is InChI=1S/C26H23ClF2N4O/c1-14-2-4-19(6-14)31-24-12-23-20(11-21(24)27)26(34)33-25(32-23)7-15-3-5-22(30-13-15)16-8-17(28)10-18(29)9-16/h3,5,8-14,19,31H,2,4,6-7H2,1H3,(H,32,33,34). The van der Waals surface area contributed by atoms with Gasteiger partial charge in [0, 0.05) is 30.3 Å². The van der Waals surface area contributed by atoms with E-state index in [4.69, 9.17) is 11.6 Å². The number of halogens is 3. The Kier molecular flexibility index (Phi) is 6.04. The van der Waals surface area contributed by atoms with Crippen molar-refractivity contribution in [2.75, 3.05) is 5.32 Å². The number of anilines is 1. The minimum Gasteiger partial charge on any atom is -0.381 e. The molecule has 0 aliphatic heterocycles. The number of aromatic amines is 1. The van der Waals surface area contributed by atoms with Crippen LogP contribution in [0.25, 0.3) is 22.2 Å². The number of nitrogens with zero attached hydrogens (tertiary/aromatic N) is 2. The smallest absolute Gasteiger partial charge is 0.258 e. The zero-order chi connectivity index (χ0) is 23.8. The number of hydrogen-bond donors (Lipinski definition) is 2. The van der Waals surface area contributed by atoms with Crippen LogP contribution in [0.5, 0.6) is 0 Å². The van der Waals surface area contributed by atoms with Gasteiger partial charge in [-0.25, -0.2) is 13.8 Å². The molecule has 0 radical (unpaired) electrons. The van der Waals surface area contributed by atoms with Crippen LogP contribution in [0.3, 0.4) is 0 Å². The number of aromatic nitrogens is 3. The van der Waals surface area contributed by atoms with Crippen molar-refractivity contribution in [3.8, 4) is 11.3 Å². The first-order chi connectivity index (χ1) is 16.3. The molecule has 1 aliphatic rings. The SMILES string of the molecule is CC1CCC(Nc2cc3nc(Cc4ccc(-c5cc(F)cc(F)c5)nc4)[nH]c(=O)c3cc2Cl)C1. The van der Waals surface area contributed by atoms with Crippen molar-refractivity contribution in [1.82, 2.24) is 15.0 Å². The van der Waals surface area contributed by atoms with Crippen molar-refractivity contribution in [3.05, 3.63) is 87.1 Å². The maximum atomic E-state index is 13.5. The second-order valence-electron chi connectivity index (χ2n) is 9.01. The van der Waals surface area contributed by atoms with Gasteiger partial charge >= 0.3 is 0 Å². The molecule has 34 heavy (non-hydrogen) atoms. The summed E-state index contributed by atoms with van der Waals surface area (Å²) in [7, 11) is 0. The Morgan fingerprint density at radius 1 is 1.12 bits per heavy atom. The third-order valence-corrected chi connectivity index (χ3v) is 6.57. The van der Waals surface area contributed by atoms with Gasteiger partial charge in [0.1, 0.15) is 17.5 Å². The highest BCUT2D eigenvalue weighted by molar-refractivity contribution is 6.34. The molecular formula is C26H23ClF2N4O. The van der Waals surface area contributed by atoms with E-state index in [1.54, 1.807) is 24.4 Å². The molecule has 4 aromatic rings. The molecule has 1 saturated carbocycles. The summed E-state index contributed by atoms with van der Waals surface area (Å²) in [4.78, 5) is 24.5. The Bertz CT molecular complexity index is 1400. The summed E-state index contributed by atoms with van der Waals surface area (Å²) in [5.41, 5.74) is 2.70. The van der Waals surface area contributed by atoms with Crippen LogP contribution in [-0.2, 0) is 6.42 Å². The van der Waals surface area contributed by atoms with Crippen LogP contribution in [-0.4, -0.2) is 21.0 Å². The lowest BCUT2D eigenvalue weighted by atomic mass is 10.1. The van der Waals surface area contributed by atoms with Crippen molar-refractivity contribution in [3.63, 3.8) is 0 Å². The Labute approximate surface area is 200 Å². The monoisotopic (exact) mass is 480 g/mol. The van der Waals surface area contributed by atoms with Crippen molar-refractivity contribution in [1.29, 1.82) is 0 Å². The van der Waals surface area contributed by atoms with Crippen molar-refractivity contribution in [2.45, 2.75) is 38.6 Å². The van der Waals surface area contributed by atoms with E-state index in [2.05, 4.69) is 27.2 Å². The third-order valence-electron chi connectivity index (χ3n) is 6.25. The van der Waals surface area contributed by atoms with Crippen molar-refractivity contribution in [2.24, 2.45) is 5.92 Å². The molecule has 2 unspecified atom stereocenters. The van der Waals surface area contributed by atoms with Gasteiger partial charge in [-0.05, 0) is 61.1 Å². The van der Waals surface area contributed by atoms with Crippen LogP contribution in [0.1, 0.15) is 37.6 Å².